The first-order valence-corrected chi connectivity index (χ1v) is 9.72. The fraction of sp³-hybridized carbons (Fsp3) is 0.125. The molecule has 6 nitrogen and oxygen atoms in total. The van der Waals surface area contributed by atoms with Crippen molar-refractivity contribution in [3.05, 3.63) is 114 Å². The second-order valence-corrected chi connectivity index (χ2v) is 6.78. The van der Waals surface area contributed by atoms with E-state index in [1.165, 1.54) is 0 Å². The first kappa shape index (κ1) is 19.5. The van der Waals surface area contributed by atoms with Gasteiger partial charge in [0.15, 0.2) is 5.82 Å². The highest BCUT2D eigenvalue weighted by Crippen LogP contribution is 2.25. The molecule has 30 heavy (non-hydrogen) atoms. The molecule has 0 aliphatic heterocycles. The van der Waals surface area contributed by atoms with Crippen molar-refractivity contribution in [2.75, 3.05) is 11.9 Å². The Morgan fingerprint density at radius 1 is 0.900 bits per heavy atom. The van der Waals surface area contributed by atoms with E-state index in [0.717, 1.165) is 16.8 Å². The molecule has 2 aromatic carbocycles. The molecule has 1 amide bonds. The van der Waals surface area contributed by atoms with Crippen LogP contribution in [-0.2, 0) is 16.1 Å². The molecule has 0 unspecified atom stereocenters. The second-order valence-electron chi connectivity index (χ2n) is 6.78. The van der Waals surface area contributed by atoms with Gasteiger partial charge in [0.05, 0.1) is 12.2 Å². The van der Waals surface area contributed by atoms with Crippen LogP contribution >= 0.6 is 0 Å². The van der Waals surface area contributed by atoms with Crippen molar-refractivity contribution in [2.24, 2.45) is 0 Å². The number of pyridine rings is 1. The van der Waals surface area contributed by atoms with Crippen LogP contribution in [-0.4, -0.2) is 27.3 Å². The van der Waals surface area contributed by atoms with Crippen LogP contribution in [0.25, 0.3) is 0 Å². The molecular weight excluding hydrogens is 376 g/mol. The Morgan fingerprint density at radius 2 is 1.57 bits per heavy atom. The van der Waals surface area contributed by atoms with Gasteiger partial charge in [0.25, 0.3) is 5.91 Å². The number of anilines is 1. The number of rotatable bonds is 8. The van der Waals surface area contributed by atoms with E-state index in [1.807, 2.05) is 85.1 Å². The zero-order chi connectivity index (χ0) is 20.6. The number of aromatic nitrogens is 3. The van der Waals surface area contributed by atoms with Gasteiger partial charge in [-0.05, 0) is 23.3 Å². The number of amides is 1. The van der Waals surface area contributed by atoms with Gasteiger partial charge < -0.3 is 10.1 Å². The molecule has 0 spiro atoms. The normalized spacial score (nSPS) is 10.8. The third kappa shape index (κ3) is 5.18. The summed E-state index contributed by atoms with van der Waals surface area (Å²) in [7, 11) is 0. The molecule has 150 valence electrons. The summed E-state index contributed by atoms with van der Waals surface area (Å²) in [5, 5.41) is 7.17. The van der Waals surface area contributed by atoms with E-state index in [0.29, 0.717) is 12.4 Å². The van der Waals surface area contributed by atoms with Crippen molar-refractivity contribution in [3.8, 4) is 0 Å². The first-order chi connectivity index (χ1) is 14.8. The zero-order valence-electron chi connectivity index (χ0n) is 16.4. The lowest BCUT2D eigenvalue weighted by Crippen LogP contribution is -2.21. The van der Waals surface area contributed by atoms with E-state index in [2.05, 4.69) is 15.4 Å². The Kier molecular flexibility index (Phi) is 6.27. The van der Waals surface area contributed by atoms with Gasteiger partial charge in [-0.15, -0.1) is 0 Å². The molecule has 0 bridgehead atoms. The van der Waals surface area contributed by atoms with Crippen LogP contribution in [0.3, 0.4) is 0 Å². The fourth-order valence-corrected chi connectivity index (χ4v) is 3.15. The lowest BCUT2D eigenvalue weighted by Gasteiger charge is -2.18. The van der Waals surface area contributed by atoms with Crippen LogP contribution < -0.4 is 5.32 Å². The average molecular weight is 398 g/mol. The Balaban J connectivity index is 1.37. The maximum atomic E-state index is 12.4. The quantitative estimate of drug-likeness (QED) is 0.486. The molecule has 1 N–H and O–H groups in total. The molecule has 4 rings (SSSR count). The largest absolute Gasteiger partial charge is 0.359 e. The van der Waals surface area contributed by atoms with Crippen molar-refractivity contribution in [3.63, 3.8) is 0 Å². The molecule has 0 atom stereocenters. The summed E-state index contributed by atoms with van der Waals surface area (Å²) in [6, 6.07) is 27.2. The van der Waals surface area contributed by atoms with Gasteiger partial charge >= 0.3 is 0 Å². The highest BCUT2D eigenvalue weighted by Gasteiger charge is 2.16. The van der Waals surface area contributed by atoms with E-state index in [4.69, 9.17) is 4.74 Å². The summed E-state index contributed by atoms with van der Waals surface area (Å²) in [5.41, 5.74) is 2.89. The van der Waals surface area contributed by atoms with E-state index >= 15 is 0 Å². The molecule has 4 aromatic rings. The Bertz CT molecular complexity index is 1030. The second kappa shape index (κ2) is 9.62. The summed E-state index contributed by atoms with van der Waals surface area (Å²) < 4.78 is 7.73. The monoisotopic (exact) mass is 398 g/mol. The molecule has 2 aromatic heterocycles. The standard InChI is InChI=1S/C24H22N4O2/c29-23(26-22-14-16-28(27-22)17-21-13-7-8-15-25-21)18-30-24(19-9-3-1-4-10-19)20-11-5-2-6-12-20/h1-16,24H,17-18H2,(H,26,27,29). The highest BCUT2D eigenvalue weighted by atomic mass is 16.5. The van der Waals surface area contributed by atoms with Crippen LogP contribution in [0.15, 0.2) is 97.3 Å². The number of hydrogen-bond donors (Lipinski definition) is 1. The van der Waals surface area contributed by atoms with Gasteiger partial charge in [0.1, 0.15) is 12.7 Å². The van der Waals surface area contributed by atoms with Crippen LogP contribution in [0.1, 0.15) is 22.9 Å². The predicted octanol–water partition coefficient (Wildman–Crippen LogP) is 4.07. The van der Waals surface area contributed by atoms with E-state index in [-0.39, 0.29) is 18.6 Å². The van der Waals surface area contributed by atoms with Gasteiger partial charge in [-0.3, -0.25) is 14.5 Å². The van der Waals surface area contributed by atoms with Gasteiger partial charge in [0, 0.05) is 18.5 Å². The van der Waals surface area contributed by atoms with E-state index in [1.54, 1.807) is 16.9 Å². The number of benzene rings is 2. The van der Waals surface area contributed by atoms with Crippen molar-refractivity contribution in [2.45, 2.75) is 12.6 Å². The van der Waals surface area contributed by atoms with Crippen LogP contribution in [0.4, 0.5) is 5.82 Å². The van der Waals surface area contributed by atoms with Gasteiger partial charge in [0.2, 0.25) is 0 Å². The molecule has 0 radical (unpaired) electrons. The molecule has 0 aliphatic carbocycles. The summed E-state index contributed by atoms with van der Waals surface area (Å²) >= 11 is 0. The summed E-state index contributed by atoms with van der Waals surface area (Å²) in [5.74, 6) is 0.227. The lowest BCUT2D eigenvalue weighted by atomic mass is 10.0. The zero-order valence-corrected chi connectivity index (χ0v) is 16.4. The SMILES string of the molecule is O=C(COC(c1ccccc1)c1ccccc1)Nc1ccn(Cc2ccccn2)n1. The average Bonchev–Trinajstić information content (AvgIpc) is 3.22. The molecule has 2 heterocycles. The highest BCUT2D eigenvalue weighted by molar-refractivity contribution is 5.90. The minimum atomic E-state index is -0.320. The van der Waals surface area contributed by atoms with E-state index in [9.17, 15) is 4.79 Å². The van der Waals surface area contributed by atoms with Crippen LogP contribution in [0, 0.1) is 0 Å². The topological polar surface area (TPSA) is 69.0 Å². The van der Waals surface area contributed by atoms with Crippen LogP contribution in [0.2, 0.25) is 0 Å². The minimum Gasteiger partial charge on any atom is -0.359 e. The van der Waals surface area contributed by atoms with Crippen molar-refractivity contribution >= 4 is 11.7 Å². The van der Waals surface area contributed by atoms with Crippen molar-refractivity contribution < 1.29 is 9.53 Å². The number of nitrogens with one attached hydrogen (secondary N) is 1. The number of carbonyl (C=O) groups excluding carboxylic acids is 1. The summed E-state index contributed by atoms with van der Waals surface area (Å²) in [6.07, 6.45) is 3.23. The summed E-state index contributed by atoms with van der Waals surface area (Å²) in [4.78, 5) is 16.7. The summed E-state index contributed by atoms with van der Waals surface area (Å²) in [6.45, 7) is 0.457. The van der Waals surface area contributed by atoms with Gasteiger partial charge in [-0.1, -0.05) is 66.7 Å². The minimum absolute atomic E-state index is 0.0818. The molecule has 0 fully saturated rings. The van der Waals surface area contributed by atoms with Gasteiger partial charge in [-0.25, -0.2) is 0 Å². The molecule has 0 saturated heterocycles. The van der Waals surface area contributed by atoms with Crippen molar-refractivity contribution in [1.82, 2.24) is 14.8 Å². The first-order valence-electron chi connectivity index (χ1n) is 9.72. The maximum Gasteiger partial charge on any atom is 0.251 e. The lowest BCUT2D eigenvalue weighted by molar-refractivity contribution is -0.121. The van der Waals surface area contributed by atoms with E-state index < -0.39 is 0 Å². The molecule has 0 saturated carbocycles. The number of nitrogens with zero attached hydrogens (tertiary/aromatic N) is 3. The fourth-order valence-electron chi connectivity index (χ4n) is 3.15. The third-order valence-corrected chi connectivity index (χ3v) is 4.54. The van der Waals surface area contributed by atoms with Gasteiger partial charge in [-0.2, -0.15) is 5.10 Å². The Labute approximate surface area is 175 Å². The smallest absolute Gasteiger partial charge is 0.251 e. The Morgan fingerprint density at radius 3 is 2.20 bits per heavy atom. The van der Waals surface area contributed by atoms with Crippen molar-refractivity contribution in [1.29, 1.82) is 0 Å². The maximum absolute atomic E-state index is 12.4. The predicted molar refractivity (Wildman–Crippen MR) is 115 cm³/mol. The molecular formula is C24H22N4O2. The third-order valence-electron chi connectivity index (χ3n) is 4.54. The number of ether oxygens (including phenoxy) is 1. The Hall–Kier alpha value is -3.77. The number of hydrogen-bond acceptors (Lipinski definition) is 4. The van der Waals surface area contributed by atoms with Crippen LogP contribution in [0.5, 0.6) is 0 Å². The molecule has 0 aliphatic rings. The molecule has 6 heteroatoms. The number of carbonyl (C=O) groups is 1.